The molecule has 150 valence electrons. The van der Waals surface area contributed by atoms with Crippen molar-refractivity contribution in [2.24, 2.45) is 0 Å². The van der Waals surface area contributed by atoms with E-state index in [0.29, 0.717) is 29.4 Å². The molecule has 0 aliphatic heterocycles. The first-order chi connectivity index (χ1) is 13.7. The number of carbonyl (C=O) groups is 1. The lowest BCUT2D eigenvalue weighted by Gasteiger charge is -2.11. The van der Waals surface area contributed by atoms with Gasteiger partial charge in [-0.05, 0) is 42.0 Å². The molecule has 0 atom stereocenters. The topological polar surface area (TPSA) is 80.7 Å². The van der Waals surface area contributed by atoms with E-state index in [0.717, 1.165) is 5.56 Å². The number of amides is 1. The van der Waals surface area contributed by atoms with Crippen LogP contribution in [0.4, 0.5) is 5.69 Å². The van der Waals surface area contributed by atoms with Gasteiger partial charge in [0.15, 0.2) is 11.5 Å². The number of phenolic OH excluding ortho intramolecular Hbond substituents is 1. The summed E-state index contributed by atoms with van der Waals surface area (Å²) < 4.78 is 10.7. The summed E-state index contributed by atoms with van der Waals surface area (Å²) in [6.07, 6.45) is 6.34. The average Bonchev–Trinajstić information content (AvgIpc) is 2.72. The molecule has 1 aromatic heterocycles. The normalized spacial score (nSPS) is 10.2. The van der Waals surface area contributed by atoms with Crippen LogP contribution < -0.4 is 14.8 Å². The second-order valence-electron chi connectivity index (χ2n) is 5.88. The predicted molar refractivity (Wildman–Crippen MR) is 115 cm³/mol. The van der Waals surface area contributed by atoms with Gasteiger partial charge in [-0.3, -0.25) is 9.78 Å². The molecule has 1 amide bonds. The first-order valence-corrected chi connectivity index (χ1v) is 8.62. The Labute approximate surface area is 175 Å². The maximum Gasteiger partial charge on any atom is 0.248 e. The van der Waals surface area contributed by atoms with Gasteiger partial charge in [-0.15, -0.1) is 12.4 Å². The molecule has 1 heterocycles. The summed E-state index contributed by atoms with van der Waals surface area (Å²) in [6.45, 7) is 0.316. The summed E-state index contributed by atoms with van der Waals surface area (Å²) >= 11 is 0. The van der Waals surface area contributed by atoms with E-state index in [9.17, 15) is 9.90 Å². The molecule has 0 spiro atoms. The standard InChI is InChI=1S/C22H20N2O4.ClH/c1-27-21-8-6-16(14-20(21)25)7-9-22(26)24-19-5-3-2-4-17(19)15-28-18-10-12-23-13-11-18;/h2-14,25H,15H2,1H3,(H,24,26);1H. The fourth-order valence-corrected chi connectivity index (χ4v) is 2.52. The number of hydrogen-bond donors (Lipinski definition) is 2. The molecule has 3 rings (SSSR count). The van der Waals surface area contributed by atoms with Crippen LogP contribution >= 0.6 is 12.4 Å². The monoisotopic (exact) mass is 412 g/mol. The second-order valence-corrected chi connectivity index (χ2v) is 5.88. The Morgan fingerprint density at radius 1 is 1.14 bits per heavy atom. The highest BCUT2D eigenvalue weighted by Gasteiger charge is 2.06. The number of ether oxygens (including phenoxy) is 2. The van der Waals surface area contributed by atoms with Crippen LogP contribution in [-0.4, -0.2) is 23.1 Å². The van der Waals surface area contributed by atoms with Crippen molar-refractivity contribution in [2.75, 3.05) is 12.4 Å². The van der Waals surface area contributed by atoms with Gasteiger partial charge in [0.25, 0.3) is 0 Å². The third kappa shape index (κ3) is 6.26. The Bertz CT molecular complexity index is 978. The summed E-state index contributed by atoms with van der Waals surface area (Å²) in [4.78, 5) is 16.2. The fraction of sp³-hybridized carbons (Fsp3) is 0.0909. The number of para-hydroxylation sites is 1. The highest BCUT2D eigenvalue weighted by atomic mass is 35.5. The van der Waals surface area contributed by atoms with E-state index in [2.05, 4.69) is 10.3 Å². The molecular formula is C22H21ClN2O4. The number of nitrogens with zero attached hydrogens (tertiary/aromatic N) is 1. The number of aromatic hydroxyl groups is 1. The van der Waals surface area contributed by atoms with Crippen LogP contribution in [0.1, 0.15) is 11.1 Å². The molecule has 0 bridgehead atoms. The number of methoxy groups -OCH3 is 1. The molecule has 2 aromatic carbocycles. The number of pyridine rings is 1. The zero-order chi connectivity index (χ0) is 19.8. The van der Waals surface area contributed by atoms with Crippen LogP contribution in [0.25, 0.3) is 6.08 Å². The zero-order valence-electron chi connectivity index (χ0n) is 15.7. The van der Waals surface area contributed by atoms with Gasteiger partial charge < -0.3 is 19.9 Å². The summed E-state index contributed by atoms with van der Waals surface area (Å²) in [6, 6.07) is 15.9. The van der Waals surface area contributed by atoms with E-state index in [1.54, 1.807) is 42.7 Å². The minimum atomic E-state index is -0.285. The molecule has 0 radical (unpaired) electrons. The summed E-state index contributed by atoms with van der Waals surface area (Å²) in [5.74, 6) is 0.815. The number of rotatable bonds is 7. The lowest BCUT2D eigenvalue weighted by molar-refractivity contribution is -0.111. The van der Waals surface area contributed by atoms with E-state index in [4.69, 9.17) is 9.47 Å². The van der Waals surface area contributed by atoms with E-state index in [-0.39, 0.29) is 24.1 Å². The van der Waals surface area contributed by atoms with Crippen molar-refractivity contribution in [3.05, 3.63) is 84.2 Å². The van der Waals surface area contributed by atoms with Crippen molar-refractivity contribution >= 4 is 30.1 Å². The lowest BCUT2D eigenvalue weighted by atomic mass is 10.1. The highest BCUT2D eigenvalue weighted by Crippen LogP contribution is 2.26. The van der Waals surface area contributed by atoms with Gasteiger partial charge in [0.2, 0.25) is 5.91 Å². The van der Waals surface area contributed by atoms with E-state index >= 15 is 0 Å². The third-order valence-electron chi connectivity index (χ3n) is 3.95. The molecule has 2 N–H and O–H groups in total. The first-order valence-electron chi connectivity index (χ1n) is 8.62. The minimum Gasteiger partial charge on any atom is -0.504 e. The van der Waals surface area contributed by atoms with Crippen molar-refractivity contribution < 1.29 is 19.4 Å². The smallest absolute Gasteiger partial charge is 0.248 e. The van der Waals surface area contributed by atoms with Gasteiger partial charge in [-0.25, -0.2) is 0 Å². The molecule has 0 aliphatic rings. The van der Waals surface area contributed by atoms with Crippen molar-refractivity contribution in [3.63, 3.8) is 0 Å². The number of nitrogens with one attached hydrogen (secondary N) is 1. The Balaban J connectivity index is 0.00000300. The van der Waals surface area contributed by atoms with Crippen LogP contribution in [-0.2, 0) is 11.4 Å². The molecule has 6 nitrogen and oxygen atoms in total. The Morgan fingerprint density at radius 2 is 1.90 bits per heavy atom. The maximum atomic E-state index is 12.3. The van der Waals surface area contributed by atoms with Crippen LogP contribution in [0.5, 0.6) is 17.2 Å². The average molecular weight is 413 g/mol. The molecule has 0 saturated heterocycles. The second kappa shape index (κ2) is 10.7. The van der Waals surface area contributed by atoms with Gasteiger partial charge in [0.1, 0.15) is 12.4 Å². The van der Waals surface area contributed by atoms with Crippen LogP contribution in [0.3, 0.4) is 0 Å². The Morgan fingerprint density at radius 3 is 2.62 bits per heavy atom. The third-order valence-corrected chi connectivity index (χ3v) is 3.95. The number of anilines is 1. The molecular weight excluding hydrogens is 392 g/mol. The van der Waals surface area contributed by atoms with Crippen LogP contribution in [0.15, 0.2) is 73.1 Å². The maximum absolute atomic E-state index is 12.3. The van der Waals surface area contributed by atoms with Crippen molar-refractivity contribution in [3.8, 4) is 17.2 Å². The van der Waals surface area contributed by atoms with E-state index < -0.39 is 0 Å². The zero-order valence-corrected chi connectivity index (χ0v) is 16.6. The minimum absolute atomic E-state index is 0. The highest BCUT2D eigenvalue weighted by molar-refractivity contribution is 6.02. The first kappa shape index (κ1) is 21.8. The fourth-order valence-electron chi connectivity index (χ4n) is 2.52. The van der Waals surface area contributed by atoms with Crippen molar-refractivity contribution in [1.29, 1.82) is 0 Å². The molecule has 7 heteroatoms. The molecule has 0 aliphatic carbocycles. The number of hydrogen-bond acceptors (Lipinski definition) is 5. The van der Waals surface area contributed by atoms with Crippen molar-refractivity contribution in [2.45, 2.75) is 6.61 Å². The quantitative estimate of drug-likeness (QED) is 0.560. The van der Waals surface area contributed by atoms with Gasteiger partial charge in [-0.1, -0.05) is 24.3 Å². The van der Waals surface area contributed by atoms with Gasteiger partial charge in [-0.2, -0.15) is 0 Å². The largest absolute Gasteiger partial charge is 0.504 e. The lowest BCUT2D eigenvalue weighted by Crippen LogP contribution is -2.10. The summed E-state index contributed by atoms with van der Waals surface area (Å²) in [5.41, 5.74) is 2.20. The Hall–Kier alpha value is -3.51. The SMILES string of the molecule is COc1ccc(C=CC(=O)Nc2ccccc2COc2ccncc2)cc1O.Cl. The number of carbonyl (C=O) groups excluding carboxylic acids is 1. The Kier molecular flexibility index (Phi) is 8.06. The van der Waals surface area contributed by atoms with Gasteiger partial charge >= 0.3 is 0 Å². The summed E-state index contributed by atoms with van der Waals surface area (Å²) in [7, 11) is 1.48. The number of benzene rings is 2. The molecule has 0 unspecified atom stereocenters. The number of halogens is 1. The van der Waals surface area contributed by atoms with Gasteiger partial charge in [0.05, 0.1) is 7.11 Å². The molecule has 0 saturated carbocycles. The predicted octanol–water partition coefficient (Wildman–Crippen LogP) is 4.45. The molecule has 29 heavy (non-hydrogen) atoms. The van der Waals surface area contributed by atoms with Gasteiger partial charge in [0, 0.05) is 29.7 Å². The van der Waals surface area contributed by atoms with E-state index in [1.807, 2.05) is 24.3 Å². The number of phenols is 1. The van der Waals surface area contributed by atoms with E-state index in [1.165, 1.54) is 19.3 Å². The van der Waals surface area contributed by atoms with Crippen LogP contribution in [0, 0.1) is 0 Å². The summed E-state index contributed by atoms with van der Waals surface area (Å²) in [5, 5.41) is 12.7. The van der Waals surface area contributed by atoms with Crippen molar-refractivity contribution in [1.82, 2.24) is 4.98 Å². The molecule has 0 fully saturated rings. The molecule has 3 aromatic rings. The number of aromatic nitrogens is 1. The van der Waals surface area contributed by atoms with Crippen LogP contribution in [0.2, 0.25) is 0 Å².